The van der Waals surface area contributed by atoms with Crippen molar-refractivity contribution >= 4 is 17.1 Å². The number of rotatable bonds is 5. The molecule has 0 radical (unpaired) electrons. The number of aromatic nitrogens is 2. The molecular weight excluding hydrogens is 304 g/mol. The number of hydrogen-bond donors (Lipinski definition) is 0. The minimum absolute atomic E-state index is 0.339. The van der Waals surface area contributed by atoms with Gasteiger partial charge in [-0.2, -0.15) is 0 Å². The molecule has 0 saturated carbocycles. The molecule has 0 bridgehead atoms. The lowest BCUT2D eigenvalue weighted by atomic mass is 10.0. The fourth-order valence-electron chi connectivity index (χ4n) is 3.03. The summed E-state index contributed by atoms with van der Waals surface area (Å²) in [5.41, 5.74) is 4.49. The summed E-state index contributed by atoms with van der Waals surface area (Å²) in [5, 5.41) is 0. The van der Waals surface area contributed by atoms with Gasteiger partial charge in [0.25, 0.3) is 0 Å². The van der Waals surface area contributed by atoms with Crippen LogP contribution in [0, 0.1) is 0 Å². The Morgan fingerprint density at radius 2 is 2.00 bits per heavy atom. The molecule has 2 heterocycles. The van der Waals surface area contributed by atoms with Crippen LogP contribution in [0.2, 0.25) is 0 Å². The van der Waals surface area contributed by atoms with E-state index in [1.165, 1.54) is 5.57 Å². The largest absolute Gasteiger partial charge is 0.481 e. The number of allylic oxidation sites excluding steroid dienone is 2. The molecule has 1 aliphatic rings. The highest BCUT2D eigenvalue weighted by Gasteiger charge is 2.22. The molecule has 0 spiro atoms. The van der Waals surface area contributed by atoms with E-state index >= 15 is 0 Å². The zero-order valence-corrected chi connectivity index (χ0v) is 13.9. The summed E-state index contributed by atoms with van der Waals surface area (Å²) in [6.45, 7) is 2.12. The van der Waals surface area contributed by atoms with Gasteiger partial charge in [-0.3, -0.25) is 0 Å². The summed E-state index contributed by atoms with van der Waals surface area (Å²) < 4.78 is 10.4. The Kier molecular flexibility index (Phi) is 4.89. The highest BCUT2D eigenvalue weighted by molar-refractivity contribution is 5.94. The SMILES string of the molecule is CCOC(=O)c1cccc(C2=C(c3cccnc3OC)CCC2)n1. The number of nitrogens with zero attached hydrogens (tertiary/aromatic N) is 2. The second-order valence-corrected chi connectivity index (χ2v) is 5.50. The van der Waals surface area contributed by atoms with Gasteiger partial charge in [0, 0.05) is 11.8 Å². The molecule has 0 N–H and O–H groups in total. The molecule has 24 heavy (non-hydrogen) atoms. The summed E-state index contributed by atoms with van der Waals surface area (Å²) >= 11 is 0. The van der Waals surface area contributed by atoms with Gasteiger partial charge in [0.05, 0.1) is 19.4 Å². The van der Waals surface area contributed by atoms with E-state index in [1.807, 2.05) is 24.3 Å². The van der Waals surface area contributed by atoms with E-state index in [4.69, 9.17) is 9.47 Å². The molecule has 0 aromatic carbocycles. The minimum Gasteiger partial charge on any atom is -0.481 e. The van der Waals surface area contributed by atoms with Gasteiger partial charge in [-0.05, 0) is 61.6 Å². The lowest BCUT2D eigenvalue weighted by molar-refractivity contribution is 0.0519. The zero-order chi connectivity index (χ0) is 16.9. The van der Waals surface area contributed by atoms with Crippen molar-refractivity contribution in [2.45, 2.75) is 26.2 Å². The first kappa shape index (κ1) is 16.2. The third kappa shape index (κ3) is 3.15. The molecular formula is C19H20N2O3. The summed E-state index contributed by atoms with van der Waals surface area (Å²) in [6.07, 6.45) is 4.64. The Bertz CT molecular complexity index is 784. The molecule has 0 unspecified atom stereocenters. The van der Waals surface area contributed by atoms with Crippen molar-refractivity contribution in [3.63, 3.8) is 0 Å². The van der Waals surface area contributed by atoms with E-state index in [9.17, 15) is 4.79 Å². The average Bonchev–Trinajstić information content (AvgIpc) is 3.11. The first-order chi connectivity index (χ1) is 11.7. The third-order valence-corrected chi connectivity index (χ3v) is 4.05. The van der Waals surface area contributed by atoms with Crippen molar-refractivity contribution in [1.82, 2.24) is 9.97 Å². The van der Waals surface area contributed by atoms with E-state index in [0.717, 1.165) is 36.1 Å². The number of pyridine rings is 2. The van der Waals surface area contributed by atoms with E-state index in [1.54, 1.807) is 26.3 Å². The van der Waals surface area contributed by atoms with Crippen LogP contribution < -0.4 is 4.74 Å². The Balaban J connectivity index is 2.04. The van der Waals surface area contributed by atoms with Crippen LogP contribution in [0.25, 0.3) is 11.1 Å². The van der Waals surface area contributed by atoms with Gasteiger partial charge in [0.1, 0.15) is 5.69 Å². The molecule has 0 saturated heterocycles. The van der Waals surface area contributed by atoms with Gasteiger partial charge in [-0.15, -0.1) is 0 Å². The van der Waals surface area contributed by atoms with Crippen LogP contribution in [-0.4, -0.2) is 29.7 Å². The molecule has 2 aromatic heterocycles. The molecule has 0 aliphatic heterocycles. The van der Waals surface area contributed by atoms with Crippen molar-refractivity contribution in [3.05, 3.63) is 53.5 Å². The Morgan fingerprint density at radius 3 is 2.79 bits per heavy atom. The standard InChI is InChI=1S/C19H20N2O3/c1-3-24-19(22)17-11-5-10-16(21-17)14-8-4-7-13(14)15-9-6-12-20-18(15)23-2/h5-6,9-12H,3-4,7-8H2,1-2H3. The maximum atomic E-state index is 11.9. The highest BCUT2D eigenvalue weighted by atomic mass is 16.5. The van der Waals surface area contributed by atoms with Crippen molar-refractivity contribution < 1.29 is 14.3 Å². The van der Waals surface area contributed by atoms with E-state index in [0.29, 0.717) is 18.2 Å². The normalized spacial score (nSPS) is 13.9. The Labute approximate surface area is 141 Å². The molecule has 124 valence electrons. The van der Waals surface area contributed by atoms with Crippen molar-refractivity contribution in [3.8, 4) is 5.88 Å². The van der Waals surface area contributed by atoms with Crippen LogP contribution in [0.15, 0.2) is 36.5 Å². The van der Waals surface area contributed by atoms with Crippen LogP contribution in [0.3, 0.4) is 0 Å². The summed E-state index contributed by atoms with van der Waals surface area (Å²) in [4.78, 5) is 20.7. The molecule has 0 amide bonds. The predicted octanol–water partition coefficient (Wildman–Crippen LogP) is 3.76. The summed E-state index contributed by atoms with van der Waals surface area (Å²) in [5.74, 6) is 0.229. The van der Waals surface area contributed by atoms with Crippen LogP contribution in [0.5, 0.6) is 5.88 Å². The Morgan fingerprint density at radius 1 is 1.17 bits per heavy atom. The molecule has 0 fully saturated rings. The van der Waals surface area contributed by atoms with E-state index in [2.05, 4.69) is 9.97 Å². The van der Waals surface area contributed by atoms with Crippen LogP contribution >= 0.6 is 0 Å². The van der Waals surface area contributed by atoms with Crippen molar-refractivity contribution in [2.24, 2.45) is 0 Å². The topological polar surface area (TPSA) is 61.3 Å². The first-order valence-electron chi connectivity index (χ1n) is 8.10. The zero-order valence-electron chi connectivity index (χ0n) is 13.9. The van der Waals surface area contributed by atoms with Crippen LogP contribution in [-0.2, 0) is 4.74 Å². The van der Waals surface area contributed by atoms with Crippen molar-refractivity contribution in [1.29, 1.82) is 0 Å². The lowest BCUT2D eigenvalue weighted by Crippen LogP contribution is -2.08. The highest BCUT2D eigenvalue weighted by Crippen LogP contribution is 2.41. The number of methoxy groups -OCH3 is 1. The molecule has 2 aromatic rings. The number of esters is 1. The fourth-order valence-corrected chi connectivity index (χ4v) is 3.03. The molecule has 3 rings (SSSR count). The van der Waals surface area contributed by atoms with E-state index in [-0.39, 0.29) is 0 Å². The third-order valence-electron chi connectivity index (χ3n) is 4.05. The van der Waals surface area contributed by atoms with E-state index < -0.39 is 5.97 Å². The second-order valence-electron chi connectivity index (χ2n) is 5.50. The maximum Gasteiger partial charge on any atom is 0.356 e. The quantitative estimate of drug-likeness (QED) is 0.784. The number of carbonyl (C=O) groups is 1. The van der Waals surface area contributed by atoms with Gasteiger partial charge in [0.15, 0.2) is 0 Å². The minimum atomic E-state index is -0.390. The lowest BCUT2D eigenvalue weighted by Gasteiger charge is -2.11. The smallest absolute Gasteiger partial charge is 0.356 e. The Hall–Kier alpha value is -2.69. The van der Waals surface area contributed by atoms with Crippen LogP contribution in [0.1, 0.15) is 47.9 Å². The number of hydrogen-bond acceptors (Lipinski definition) is 5. The molecule has 5 nitrogen and oxygen atoms in total. The van der Waals surface area contributed by atoms with Gasteiger partial charge in [-0.25, -0.2) is 14.8 Å². The average molecular weight is 324 g/mol. The van der Waals surface area contributed by atoms with Gasteiger partial charge >= 0.3 is 5.97 Å². The van der Waals surface area contributed by atoms with Crippen LogP contribution in [0.4, 0.5) is 0 Å². The summed E-state index contributed by atoms with van der Waals surface area (Å²) in [6, 6.07) is 9.39. The predicted molar refractivity (Wildman–Crippen MR) is 91.6 cm³/mol. The number of ether oxygens (including phenoxy) is 2. The second kappa shape index (κ2) is 7.25. The molecule has 0 atom stereocenters. The monoisotopic (exact) mass is 324 g/mol. The van der Waals surface area contributed by atoms with Crippen molar-refractivity contribution in [2.75, 3.05) is 13.7 Å². The first-order valence-corrected chi connectivity index (χ1v) is 8.10. The molecule has 1 aliphatic carbocycles. The van der Waals surface area contributed by atoms with Gasteiger partial charge in [0.2, 0.25) is 5.88 Å². The maximum absolute atomic E-state index is 11.9. The van der Waals surface area contributed by atoms with Gasteiger partial charge < -0.3 is 9.47 Å². The summed E-state index contributed by atoms with van der Waals surface area (Å²) in [7, 11) is 1.63. The fraction of sp³-hybridized carbons (Fsp3) is 0.316. The molecule has 5 heteroatoms. The number of carbonyl (C=O) groups excluding carboxylic acids is 1. The van der Waals surface area contributed by atoms with Gasteiger partial charge in [-0.1, -0.05) is 6.07 Å².